The van der Waals surface area contributed by atoms with Gasteiger partial charge in [-0.25, -0.2) is 14.4 Å². The molecule has 0 aliphatic carbocycles. The number of nitrogens with two attached hydrogens (primary N) is 1. The Morgan fingerprint density at radius 2 is 1.69 bits per heavy atom. The summed E-state index contributed by atoms with van der Waals surface area (Å²) in [6.45, 7) is 5.14. The van der Waals surface area contributed by atoms with E-state index >= 15 is 4.39 Å². The van der Waals surface area contributed by atoms with E-state index in [1.807, 2.05) is 61.5 Å². The second-order valence-electron chi connectivity index (χ2n) is 12.8. The molecular formula is C39H40FN9O3. The third-order valence-corrected chi connectivity index (χ3v) is 9.63. The van der Waals surface area contributed by atoms with E-state index in [2.05, 4.69) is 20.0 Å². The minimum atomic E-state index is -0.478. The van der Waals surface area contributed by atoms with E-state index < -0.39 is 5.82 Å². The molecule has 0 radical (unpaired) electrons. The van der Waals surface area contributed by atoms with Crippen LogP contribution in [0.4, 0.5) is 10.2 Å². The fourth-order valence-corrected chi connectivity index (χ4v) is 7.00. The first-order chi connectivity index (χ1) is 25.4. The van der Waals surface area contributed by atoms with Crippen molar-refractivity contribution in [2.24, 2.45) is 15.9 Å². The molecule has 0 spiro atoms. The first-order valence-electron chi connectivity index (χ1n) is 17.3. The molecule has 266 valence electrons. The zero-order valence-corrected chi connectivity index (χ0v) is 29.2. The molecule has 7 rings (SSSR count). The van der Waals surface area contributed by atoms with Gasteiger partial charge in [0.25, 0.3) is 5.91 Å². The van der Waals surface area contributed by atoms with Crippen molar-refractivity contribution in [3.8, 4) is 16.9 Å². The smallest absolute Gasteiger partial charge is 0.270 e. The van der Waals surface area contributed by atoms with E-state index in [-0.39, 0.29) is 30.3 Å². The molecule has 4 heterocycles. The van der Waals surface area contributed by atoms with Crippen LogP contribution < -0.4 is 15.5 Å². The molecule has 0 unspecified atom stereocenters. The quantitative estimate of drug-likeness (QED) is 0.122. The van der Waals surface area contributed by atoms with Gasteiger partial charge in [0.1, 0.15) is 11.4 Å². The van der Waals surface area contributed by atoms with Crippen LogP contribution >= 0.6 is 0 Å². The largest absolute Gasteiger partial charge is 0.496 e. The van der Waals surface area contributed by atoms with Gasteiger partial charge in [-0.15, -0.1) is 0 Å². The molecule has 0 atom stereocenters. The van der Waals surface area contributed by atoms with E-state index in [0.717, 1.165) is 33.7 Å². The second kappa shape index (κ2) is 15.0. The highest BCUT2D eigenvalue weighted by molar-refractivity contribution is 6.15. The van der Waals surface area contributed by atoms with Gasteiger partial charge in [-0.3, -0.25) is 14.6 Å². The van der Waals surface area contributed by atoms with Gasteiger partial charge in [-0.1, -0.05) is 36.4 Å². The summed E-state index contributed by atoms with van der Waals surface area (Å²) in [7, 11) is 1.59. The number of aryl methyl sites for hydroxylation is 1. The van der Waals surface area contributed by atoms with Crippen molar-refractivity contribution < 1.29 is 18.7 Å². The van der Waals surface area contributed by atoms with Gasteiger partial charge < -0.3 is 30.3 Å². The van der Waals surface area contributed by atoms with Crippen molar-refractivity contribution in [2.45, 2.75) is 19.8 Å². The lowest BCUT2D eigenvalue weighted by Crippen LogP contribution is -2.49. The molecule has 12 nitrogen and oxygen atoms in total. The number of amides is 2. The molecule has 1 fully saturated rings. The number of benzene rings is 3. The highest BCUT2D eigenvalue weighted by Crippen LogP contribution is 2.40. The van der Waals surface area contributed by atoms with Crippen molar-refractivity contribution in [1.82, 2.24) is 24.8 Å². The summed E-state index contributed by atoms with van der Waals surface area (Å²) in [5.41, 5.74) is 5.58. The predicted molar refractivity (Wildman–Crippen MR) is 202 cm³/mol. The number of aromatic amines is 1. The number of piperazine rings is 1. The Hall–Kier alpha value is -6.11. The van der Waals surface area contributed by atoms with Crippen molar-refractivity contribution in [3.05, 3.63) is 89.5 Å². The summed E-state index contributed by atoms with van der Waals surface area (Å²) in [6, 6.07) is 18.9. The number of halogens is 1. The number of aromatic nitrogens is 3. The van der Waals surface area contributed by atoms with Crippen LogP contribution in [0.25, 0.3) is 38.6 Å². The molecule has 13 heteroatoms. The van der Waals surface area contributed by atoms with Crippen LogP contribution in [0.3, 0.4) is 0 Å². The molecular weight excluding hydrogens is 661 g/mol. The van der Waals surface area contributed by atoms with E-state index in [1.54, 1.807) is 29.0 Å². The molecule has 52 heavy (non-hydrogen) atoms. The van der Waals surface area contributed by atoms with Gasteiger partial charge in [-0.05, 0) is 54.8 Å². The molecule has 2 aliphatic heterocycles. The van der Waals surface area contributed by atoms with E-state index in [0.29, 0.717) is 73.7 Å². The number of hydrogen-bond acceptors (Lipinski definition) is 9. The van der Waals surface area contributed by atoms with Gasteiger partial charge >= 0.3 is 0 Å². The van der Waals surface area contributed by atoms with Gasteiger partial charge in [0, 0.05) is 75.0 Å². The number of hydrogen-bond donors (Lipinski definition) is 2. The Morgan fingerprint density at radius 3 is 2.46 bits per heavy atom. The number of methoxy groups -OCH3 is 1. The number of hydrazone groups is 1. The van der Waals surface area contributed by atoms with E-state index in [4.69, 9.17) is 20.5 Å². The third-order valence-electron chi connectivity index (χ3n) is 9.63. The summed E-state index contributed by atoms with van der Waals surface area (Å²) in [5, 5.41) is 3.93. The maximum atomic E-state index is 16.7. The maximum absolute atomic E-state index is 16.7. The zero-order chi connectivity index (χ0) is 36.2. The van der Waals surface area contributed by atoms with Crippen molar-refractivity contribution in [1.29, 1.82) is 0 Å². The molecule has 1 saturated heterocycles. The summed E-state index contributed by atoms with van der Waals surface area (Å²) >= 11 is 0. The molecule has 0 saturated carbocycles. The Balaban J connectivity index is 1.17. The first kappa shape index (κ1) is 34.3. The number of aliphatic imine (C=N–C) groups is 1. The monoisotopic (exact) mass is 701 g/mol. The number of nitrogens with one attached hydrogen (secondary N) is 1. The number of fused-ring (bicyclic) bond motifs is 2. The number of H-pyrrole nitrogens is 1. The highest BCUT2D eigenvalue weighted by atomic mass is 19.1. The van der Waals surface area contributed by atoms with E-state index in [1.165, 1.54) is 12.4 Å². The van der Waals surface area contributed by atoms with Gasteiger partial charge in [-0.2, -0.15) is 5.10 Å². The average molecular weight is 702 g/mol. The summed E-state index contributed by atoms with van der Waals surface area (Å²) in [5.74, 6) is 5.76. The maximum Gasteiger partial charge on any atom is 0.270 e. The Bertz CT molecular complexity index is 2240. The molecule has 2 aliphatic rings. The lowest BCUT2D eigenvalue weighted by atomic mass is 9.93. The molecule has 2 aromatic heterocycles. The summed E-state index contributed by atoms with van der Waals surface area (Å²) < 4.78 is 22.4. The minimum absolute atomic E-state index is 0.0745. The van der Waals surface area contributed by atoms with Crippen LogP contribution in [0.15, 0.2) is 76.8 Å². The zero-order valence-electron chi connectivity index (χ0n) is 29.2. The number of carbonyl (C=O) groups is 2. The standard InChI is InChI=1S/C39H40FN9O3/c1-25-38(46-32-11-5-4-10-31(32)44-25)47-18-20-48(21-19-47)39(51)33-23-30-29(27-9-3-6-12-34(27)52-2)22-28(36(40)37(30)45-33)26-8-7-17-49(24-26)35(50)13-14-42-15-16-43-41/h3-6,8-12,15-16,22-23,45H,7,13-14,17-21,24,41H2,1-2H3/b42-15?,43-16-. The van der Waals surface area contributed by atoms with E-state index in [9.17, 15) is 9.59 Å². The van der Waals surface area contributed by atoms with Crippen LogP contribution in [0.5, 0.6) is 5.75 Å². The van der Waals surface area contributed by atoms with Gasteiger partial charge in [0.15, 0.2) is 11.6 Å². The first-order valence-corrected chi connectivity index (χ1v) is 17.3. The third kappa shape index (κ3) is 6.81. The normalized spacial score (nSPS) is 15.3. The van der Waals surface area contributed by atoms with Crippen LogP contribution in [0.1, 0.15) is 34.6 Å². The van der Waals surface area contributed by atoms with Crippen LogP contribution in [-0.2, 0) is 4.79 Å². The molecule has 2 amide bonds. The lowest BCUT2D eigenvalue weighted by Gasteiger charge is -2.35. The van der Waals surface area contributed by atoms with Crippen molar-refractivity contribution in [2.75, 3.05) is 57.8 Å². The highest BCUT2D eigenvalue weighted by Gasteiger charge is 2.28. The van der Waals surface area contributed by atoms with Crippen LogP contribution in [-0.4, -0.2) is 102 Å². The summed E-state index contributed by atoms with van der Waals surface area (Å²) in [4.78, 5) is 49.6. The molecule has 5 aromatic rings. The number of carbonyl (C=O) groups excluding carboxylic acids is 2. The fourth-order valence-electron chi connectivity index (χ4n) is 7.00. The van der Waals surface area contributed by atoms with Gasteiger partial charge in [0.05, 0.1) is 35.6 Å². The number of ether oxygens (including phenoxy) is 1. The topological polar surface area (TPSA) is 145 Å². The van der Waals surface area contributed by atoms with Gasteiger partial charge in [0.2, 0.25) is 5.91 Å². The second-order valence-corrected chi connectivity index (χ2v) is 12.8. The van der Waals surface area contributed by atoms with Crippen molar-refractivity contribution >= 4 is 57.6 Å². The fraction of sp³-hybridized carbons (Fsp3) is 0.282. The average Bonchev–Trinajstić information content (AvgIpc) is 3.64. The summed E-state index contributed by atoms with van der Waals surface area (Å²) in [6.07, 6.45) is 5.58. The minimum Gasteiger partial charge on any atom is -0.496 e. The number of nitrogens with zero attached hydrogens (tertiary/aromatic N) is 7. The molecule has 0 bridgehead atoms. The van der Waals surface area contributed by atoms with Crippen LogP contribution in [0.2, 0.25) is 0 Å². The lowest BCUT2D eigenvalue weighted by molar-refractivity contribution is -0.130. The molecule has 3 N–H and O–H groups in total. The Kier molecular flexibility index (Phi) is 9.92. The SMILES string of the molecule is COc1ccccc1-c1cc(C2=CCCN(C(=O)CCN=C/C=N\N)C2)c(F)c2[nH]c(C(=O)N3CCN(c4nc5ccccc5nc4C)CC3)cc12. The van der Waals surface area contributed by atoms with Crippen molar-refractivity contribution in [3.63, 3.8) is 0 Å². The number of rotatable bonds is 9. The number of anilines is 1. The Labute approximate surface area is 300 Å². The molecule has 3 aromatic carbocycles. The number of para-hydroxylation sites is 3. The predicted octanol–water partition coefficient (Wildman–Crippen LogP) is 5.22. The Morgan fingerprint density at radius 1 is 0.942 bits per heavy atom. The van der Waals surface area contributed by atoms with Crippen LogP contribution in [0, 0.1) is 12.7 Å².